The van der Waals surface area contributed by atoms with Crippen LogP contribution in [0.5, 0.6) is 0 Å². The Morgan fingerprint density at radius 3 is 2.35 bits per heavy atom. The molecule has 0 saturated heterocycles. The van der Waals surface area contributed by atoms with Crippen LogP contribution in [0.2, 0.25) is 0 Å². The number of benzene rings is 1. The number of carboxylic acid groups (broad SMARTS) is 1. The first-order chi connectivity index (χ1) is 9.47. The molecule has 1 fully saturated rings. The van der Waals surface area contributed by atoms with Crippen molar-refractivity contribution in [3.8, 4) is 0 Å². The van der Waals surface area contributed by atoms with Gasteiger partial charge in [-0.05, 0) is 35.8 Å². The van der Waals surface area contributed by atoms with E-state index in [0.29, 0.717) is 24.7 Å². The van der Waals surface area contributed by atoms with E-state index < -0.39 is 11.4 Å². The number of carboxylic acids is 1. The molecule has 3 N–H and O–H groups in total. The number of rotatable bonds is 7. The Hall–Kier alpha value is -1.35. The quantitative estimate of drug-likeness (QED) is 0.803. The average Bonchev–Trinajstić information content (AvgIpc) is 3.22. The van der Waals surface area contributed by atoms with Crippen molar-refractivity contribution in [3.05, 3.63) is 35.4 Å². The molecule has 3 heteroatoms. The van der Waals surface area contributed by atoms with Crippen LogP contribution in [0.15, 0.2) is 24.3 Å². The van der Waals surface area contributed by atoms with E-state index in [-0.39, 0.29) is 6.54 Å². The molecule has 110 valence electrons. The molecule has 1 aliphatic carbocycles. The smallest absolute Gasteiger partial charge is 0.311 e. The normalized spacial score (nSPS) is 18.0. The van der Waals surface area contributed by atoms with Gasteiger partial charge in [-0.3, -0.25) is 4.79 Å². The molecular formula is C17H25NO2. The van der Waals surface area contributed by atoms with E-state index in [1.165, 1.54) is 5.56 Å². The number of hydrogen-bond donors (Lipinski definition) is 2. The van der Waals surface area contributed by atoms with E-state index in [2.05, 4.69) is 38.1 Å². The molecule has 0 amide bonds. The predicted octanol–water partition coefficient (Wildman–Crippen LogP) is 3.18. The topological polar surface area (TPSA) is 63.3 Å². The molecule has 0 spiro atoms. The van der Waals surface area contributed by atoms with Crippen molar-refractivity contribution in [3.63, 3.8) is 0 Å². The van der Waals surface area contributed by atoms with Gasteiger partial charge < -0.3 is 10.8 Å². The lowest BCUT2D eigenvalue weighted by Crippen LogP contribution is -2.41. The van der Waals surface area contributed by atoms with Crippen LogP contribution in [0.25, 0.3) is 0 Å². The Balaban J connectivity index is 2.15. The van der Waals surface area contributed by atoms with Crippen LogP contribution in [0.1, 0.15) is 50.2 Å². The zero-order valence-corrected chi connectivity index (χ0v) is 12.4. The van der Waals surface area contributed by atoms with Crippen LogP contribution in [0.4, 0.5) is 0 Å². The molecule has 1 aliphatic rings. The highest BCUT2D eigenvalue weighted by atomic mass is 16.4. The molecule has 1 aromatic rings. The molecule has 3 nitrogen and oxygen atoms in total. The van der Waals surface area contributed by atoms with Gasteiger partial charge in [-0.1, -0.05) is 51.0 Å². The summed E-state index contributed by atoms with van der Waals surface area (Å²) in [6.07, 6.45) is 3.56. The van der Waals surface area contributed by atoms with Gasteiger partial charge in [-0.15, -0.1) is 0 Å². The van der Waals surface area contributed by atoms with Gasteiger partial charge in [0.25, 0.3) is 0 Å². The molecule has 1 unspecified atom stereocenters. The Morgan fingerprint density at radius 1 is 1.35 bits per heavy atom. The minimum atomic E-state index is -0.791. The second-order valence-corrected chi connectivity index (χ2v) is 6.51. The fraction of sp³-hybridized carbons (Fsp3) is 0.588. The fourth-order valence-electron chi connectivity index (χ4n) is 2.76. The number of carbonyl (C=O) groups is 1. The fourth-order valence-corrected chi connectivity index (χ4v) is 2.76. The van der Waals surface area contributed by atoms with Gasteiger partial charge in [-0.2, -0.15) is 0 Å². The van der Waals surface area contributed by atoms with Crippen molar-refractivity contribution in [2.24, 2.45) is 17.1 Å². The molecule has 0 radical (unpaired) electrons. The molecule has 1 atom stereocenters. The van der Waals surface area contributed by atoms with E-state index >= 15 is 0 Å². The Labute approximate surface area is 121 Å². The predicted molar refractivity (Wildman–Crippen MR) is 80.7 cm³/mol. The minimum Gasteiger partial charge on any atom is -0.481 e. The monoisotopic (exact) mass is 275 g/mol. The van der Waals surface area contributed by atoms with Crippen LogP contribution in [-0.4, -0.2) is 17.6 Å². The van der Waals surface area contributed by atoms with Gasteiger partial charge in [0.15, 0.2) is 0 Å². The first kappa shape index (κ1) is 15.0. The second kappa shape index (κ2) is 5.96. The maximum atomic E-state index is 11.7. The molecule has 0 aliphatic heterocycles. The number of nitrogens with two attached hydrogens (primary N) is 1. The molecule has 1 saturated carbocycles. The van der Waals surface area contributed by atoms with Crippen molar-refractivity contribution >= 4 is 5.97 Å². The molecule has 20 heavy (non-hydrogen) atoms. The van der Waals surface area contributed by atoms with Gasteiger partial charge in [0.2, 0.25) is 0 Å². The number of aliphatic carboxylic acids is 1. The maximum Gasteiger partial charge on any atom is 0.311 e. The molecular weight excluding hydrogens is 250 g/mol. The standard InChI is InChI=1S/C17H25NO2/c1-12(2)15-7-5-14(6-8-15)10-17(11-18,16(19)20)9-13-3-4-13/h5-8,12-13H,3-4,9-11,18H2,1-2H3,(H,19,20). The lowest BCUT2D eigenvalue weighted by molar-refractivity contribution is -0.149. The van der Waals surface area contributed by atoms with Crippen LogP contribution in [-0.2, 0) is 11.2 Å². The van der Waals surface area contributed by atoms with Crippen LogP contribution in [0.3, 0.4) is 0 Å². The second-order valence-electron chi connectivity index (χ2n) is 6.51. The van der Waals surface area contributed by atoms with E-state index in [4.69, 9.17) is 5.73 Å². The van der Waals surface area contributed by atoms with E-state index in [0.717, 1.165) is 18.4 Å². The summed E-state index contributed by atoms with van der Waals surface area (Å²) in [6, 6.07) is 8.30. The lowest BCUT2D eigenvalue weighted by atomic mass is 9.77. The van der Waals surface area contributed by atoms with Crippen molar-refractivity contribution < 1.29 is 9.90 Å². The Bertz CT molecular complexity index is 462. The minimum absolute atomic E-state index is 0.213. The van der Waals surface area contributed by atoms with E-state index in [1.807, 2.05) is 0 Å². The van der Waals surface area contributed by atoms with Crippen molar-refractivity contribution in [1.29, 1.82) is 0 Å². The lowest BCUT2D eigenvalue weighted by Gasteiger charge is -2.28. The van der Waals surface area contributed by atoms with Gasteiger partial charge in [0, 0.05) is 6.54 Å². The zero-order valence-electron chi connectivity index (χ0n) is 12.4. The summed E-state index contributed by atoms with van der Waals surface area (Å²) in [4.78, 5) is 11.7. The molecule has 1 aromatic carbocycles. The van der Waals surface area contributed by atoms with Gasteiger partial charge in [0.05, 0.1) is 5.41 Å². The molecule has 0 bridgehead atoms. The highest BCUT2D eigenvalue weighted by Crippen LogP contribution is 2.42. The number of hydrogen-bond acceptors (Lipinski definition) is 2. The average molecular weight is 275 g/mol. The molecule has 0 aromatic heterocycles. The summed E-state index contributed by atoms with van der Waals surface area (Å²) in [6.45, 7) is 4.53. The van der Waals surface area contributed by atoms with Gasteiger partial charge in [-0.25, -0.2) is 0 Å². The summed E-state index contributed by atoms with van der Waals surface area (Å²) in [7, 11) is 0. The van der Waals surface area contributed by atoms with E-state index in [9.17, 15) is 9.90 Å². The SMILES string of the molecule is CC(C)c1ccc(CC(CN)(CC2CC2)C(=O)O)cc1. The third-order valence-electron chi connectivity index (χ3n) is 4.41. The van der Waals surface area contributed by atoms with Crippen molar-refractivity contribution in [2.45, 2.75) is 45.4 Å². The van der Waals surface area contributed by atoms with Crippen LogP contribution >= 0.6 is 0 Å². The largest absolute Gasteiger partial charge is 0.481 e. The van der Waals surface area contributed by atoms with Crippen LogP contribution in [0, 0.1) is 11.3 Å². The van der Waals surface area contributed by atoms with E-state index in [1.54, 1.807) is 0 Å². The van der Waals surface area contributed by atoms with Crippen LogP contribution < -0.4 is 5.73 Å². The molecule has 0 heterocycles. The zero-order chi connectivity index (χ0) is 14.8. The third-order valence-corrected chi connectivity index (χ3v) is 4.41. The first-order valence-corrected chi connectivity index (χ1v) is 7.49. The van der Waals surface area contributed by atoms with Crippen molar-refractivity contribution in [1.82, 2.24) is 0 Å². The highest BCUT2D eigenvalue weighted by molar-refractivity contribution is 5.75. The summed E-state index contributed by atoms with van der Waals surface area (Å²) in [5.41, 5.74) is 7.39. The van der Waals surface area contributed by atoms with Gasteiger partial charge in [0.1, 0.15) is 0 Å². The first-order valence-electron chi connectivity index (χ1n) is 7.49. The summed E-state index contributed by atoms with van der Waals surface area (Å²) >= 11 is 0. The Kier molecular flexibility index (Phi) is 4.48. The Morgan fingerprint density at radius 2 is 1.95 bits per heavy atom. The maximum absolute atomic E-state index is 11.7. The highest BCUT2D eigenvalue weighted by Gasteiger charge is 2.42. The third kappa shape index (κ3) is 3.40. The summed E-state index contributed by atoms with van der Waals surface area (Å²) in [5, 5.41) is 9.62. The van der Waals surface area contributed by atoms with Crippen molar-refractivity contribution in [2.75, 3.05) is 6.54 Å². The molecule has 2 rings (SSSR count). The summed E-state index contributed by atoms with van der Waals surface area (Å²) in [5.74, 6) is 0.304. The van der Waals surface area contributed by atoms with Gasteiger partial charge >= 0.3 is 5.97 Å². The summed E-state index contributed by atoms with van der Waals surface area (Å²) < 4.78 is 0.